The summed E-state index contributed by atoms with van der Waals surface area (Å²) in [5, 5.41) is 0. The van der Waals surface area contributed by atoms with Crippen molar-refractivity contribution in [1.29, 1.82) is 0 Å². The number of ether oxygens (including phenoxy) is 1. The molecule has 0 aromatic heterocycles. The second-order valence-electron chi connectivity index (χ2n) is 5.16. The third-order valence-electron chi connectivity index (χ3n) is 3.78. The zero-order chi connectivity index (χ0) is 15.4. The molecule has 21 heavy (non-hydrogen) atoms. The molecular weight excluding hydrogens is 268 g/mol. The molecular formula is C16H22N2O3. The lowest BCUT2D eigenvalue weighted by molar-refractivity contribution is -0.134. The lowest BCUT2D eigenvalue weighted by atomic mass is 10.1. The van der Waals surface area contributed by atoms with Crippen molar-refractivity contribution in [1.82, 2.24) is 4.90 Å². The lowest BCUT2D eigenvalue weighted by Crippen LogP contribution is -2.34. The number of carbonyl (C=O) groups is 2. The monoisotopic (exact) mass is 290 g/mol. The molecule has 0 spiro atoms. The van der Waals surface area contributed by atoms with E-state index in [0.717, 1.165) is 5.69 Å². The minimum absolute atomic E-state index is 0.0231. The number of benzene rings is 1. The average Bonchev–Trinajstić information content (AvgIpc) is 2.88. The number of amides is 2. The maximum atomic E-state index is 12.3. The summed E-state index contributed by atoms with van der Waals surface area (Å²) >= 11 is 0. The van der Waals surface area contributed by atoms with Gasteiger partial charge in [-0.1, -0.05) is 12.1 Å². The van der Waals surface area contributed by atoms with Crippen LogP contribution in [0.2, 0.25) is 0 Å². The summed E-state index contributed by atoms with van der Waals surface area (Å²) in [5.41, 5.74) is 0.749. The van der Waals surface area contributed by atoms with Gasteiger partial charge in [-0.15, -0.1) is 0 Å². The molecule has 0 N–H and O–H groups in total. The third-order valence-corrected chi connectivity index (χ3v) is 3.78. The molecule has 1 aliphatic rings. The molecule has 2 amide bonds. The first-order chi connectivity index (χ1) is 10.1. The fourth-order valence-corrected chi connectivity index (χ4v) is 2.53. The average molecular weight is 290 g/mol. The van der Waals surface area contributed by atoms with Gasteiger partial charge in [0.2, 0.25) is 11.8 Å². The third kappa shape index (κ3) is 3.17. The highest BCUT2D eigenvalue weighted by molar-refractivity contribution is 6.01. The standard InChI is InChI=1S/C16H22N2O3/c1-4-17(3)16(20)12-10-15(19)18(11-12)13-8-6-7-9-14(13)21-5-2/h6-9,12H,4-5,10-11H2,1-3H3. The van der Waals surface area contributed by atoms with Crippen LogP contribution in [-0.2, 0) is 9.59 Å². The van der Waals surface area contributed by atoms with Crippen LogP contribution in [0, 0.1) is 5.92 Å². The van der Waals surface area contributed by atoms with Crippen LogP contribution in [0.15, 0.2) is 24.3 Å². The van der Waals surface area contributed by atoms with Gasteiger partial charge in [0.05, 0.1) is 18.2 Å². The van der Waals surface area contributed by atoms with Crippen LogP contribution >= 0.6 is 0 Å². The largest absolute Gasteiger partial charge is 0.492 e. The van der Waals surface area contributed by atoms with Gasteiger partial charge < -0.3 is 14.5 Å². The van der Waals surface area contributed by atoms with Crippen molar-refractivity contribution in [3.63, 3.8) is 0 Å². The Morgan fingerprint density at radius 2 is 2.10 bits per heavy atom. The van der Waals surface area contributed by atoms with E-state index in [9.17, 15) is 9.59 Å². The Labute approximate surface area is 125 Å². The van der Waals surface area contributed by atoms with E-state index in [-0.39, 0.29) is 24.2 Å². The van der Waals surface area contributed by atoms with Gasteiger partial charge in [-0.05, 0) is 26.0 Å². The van der Waals surface area contributed by atoms with Gasteiger partial charge in [0.15, 0.2) is 0 Å². The maximum absolute atomic E-state index is 12.3. The van der Waals surface area contributed by atoms with E-state index in [1.54, 1.807) is 16.8 Å². The number of carbonyl (C=O) groups excluding carboxylic acids is 2. The minimum Gasteiger partial charge on any atom is -0.492 e. The predicted molar refractivity (Wildman–Crippen MR) is 81.4 cm³/mol. The number of anilines is 1. The Hall–Kier alpha value is -2.04. The maximum Gasteiger partial charge on any atom is 0.227 e. The summed E-state index contributed by atoms with van der Waals surface area (Å²) in [4.78, 5) is 27.8. The van der Waals surface area contributed by atoms with E-state index in [1.165, 1.54) is 0 Å². The lowest BCUT2D eigenvalue weighted by Gasteiger charge is -2.21. The van der Waals surface area contributed by atoms with Gasteiger partial charge >= 0.3 is 0 Å². The molecule has 1 atom stereocenters. The first kappa shape index (κ1) is 15.4. The summed E-state index contributed by atoms with van der Waals surface area (Å²) in [5.74, 6) is 0.426. The Balaban J connectivity index is 2.19. The molecule has 1 aromatic rings. The van der Waals surface area contributed by atoms with Gasteiger partial charge in [0, 0.05) is 26.6 Å². The van der Waals surface area contributed by atoms with E-state index in [0.29, 0.717) is 25.4 Å². The summed E-state index contributed by atoms with van der Waals surface area (Å²) in [7, 11) is 1.77. The van der Waals surface area contributed by atoms with Crippen molar-refractivity contribution >= 4 is 17.5 Å². The Bertz CT molecular complexity index is 530. The molecule has 0 saturated carbocycles. The van der Waals surface area contributed by atoms with Crippen molar-refractivity contribution in [2.45, 2.75) is 20.3 Å². The molecule has 1 saturated heterocycles. The molecule has 114 valence electrons. The molecule has 2 rings (SSSR count). The number of nitrogens with zero attached hydrogens (tertiary/aromatic N) is 2. The van der Waals surface area contributed by atoms with Crippen LogP contribution in [-0.4, -0.2) is 43.5 Å². The predicted octanol–water partition coefficient (Wildman–Crippen LogP) is 1.92. The second-order valence-corrected chi connectivity index (χ2v) is 5.16. The normalized spacial score (nSPS) is 18.0. The van der Waals surface area contributed by atoms with Crippen molar-refractivity contribution in [3.8, 4) is 5.75 Å². The van der Waals surface area contributed by atoms with Crippen LogP contribution in [0.25, 0.3) is 0 Å². The van der Waals surface area contributed by atoms with Crippen LogP contribution in [0.4, 0.5) is 5.69 Å². The zero-order valence-corrected chi connectivity index (χ0v) is 12.8. The van der Waals surface area contributed by atoms with Gasteiger partial charge in [-0.25, -0.2) is 0 Å². The van der Waals surface area contributed by atoms with E-state index < -0.39 is 0 Å². The van der Waals surface area contributed by atoms with E-state index in [1.807, 2.05) is 38.1 Å². The molecule has 1 aliphatic heterocycles. The van der Waals surface area contributed by atoms with Crippen molar-refractivity contribution in [3.05, 3.63) is 24.3 Å². The highest BCUT2D eigenvalue weighted by Gasteiger charge is 2.37. The Morgan fingerprint density at radius 1 is 1.38 bits per heavy atom. The minimum atomic E-state index is -0.267. The van der Waals surface area contributed by atoms with Gasteiger partial charge in [0.1, 0.15) is 5.75 Å². The molecule has 1 heterocycles. The highest BCUT2D eigenvalue weighted by Crippen LogP contribution is 2.33. The second kappa shape index (κ2) is 6.61. The smallest absolute Gasteiger partial charge is 0.227 e. The van der Waals surface area contributed by atoms with Crippen LogP contribution in [0.3, 0.4) is 0 Å². The molecule has 0 bridgehead atoms. The quantitative estimate of drug-likeness (QED) is 0.832. The summed E-state index contributed by atoms with van der Waals surface area (Å²) in [6.07, 6.45) is 0.267. The summed E-state index contributed by atoms with van der Waals surface area (Å²) in [6, 6.07) is 7.46. The van der Waals surface area contributed by atoms with Crippen molar-refractivity contribution in [2.24, 2.45) is 5.92 Å². The van der Waals surface area contributed by atoms with Gasteiger partial charge in [0.25, 0.3) is 0 Å². The highest BCUT2D eigenvalue weighted by atomic mass is 16.5. The number of rotatable bonds is 5. The van der Waals surface area contributed by atoms with Crippen LogP contribution in [0.1, 0.15) is 20.3 Å². The van der Waals surface area contributed by atoms with Crippen LogP contribution in [0.5, 0.6) is 5.75 Å². The van der Waals surface area contributed by atoms with E-state index >= 15 is 0 Å². The van der Waals surface area contributed by atoms with Gasteiger partial charge in [-0.3, -0.25) is 9.59 Å². The molecule has 1 aromatic carbocycles. The molecule has 0 aliphatic carbocycles. The number of hydrogen-bond donors (Lipinski definition) is 0. The van der Waals surface area contributed by atoms with Crippen molar-refractivity contribution in [2.75, 3.05) is 31.6 Å². The first-order valence-corrected chi connectivity index (χ1v) is 7.35. The molecule has 5 nitrogen and oxygen atoms in total. The zero-order valence-electron chi connectivity index (χ0n) is 12.8. The van der Waals surface area contributed by atoms with Gasteiger partial charge in [-0.2, -0.15) is 0 Å². The summed E-state index contributed by atoms with van der Waals surface area (Å²) in [6.45, 7) is 5.45. The Morgan fingerprint density at radius 3 is 2.76 bits per heavy atom. The fourth-order valence-electron chi connectivity index (χ4n) is 2.53. The van der Waals surface area contributed by atoms with Crippen molar-refractivity contribution < 1.29 is 14.3 Å². The Kier molecular flexibility index (Phi) is 4.83. The SMILES string of the molecule is CCOc1ccccc1N1CC(C(=O)N(C)CC)CC1=O. The van der Waals surface area contributed by atoms with E-state index in [4.69, 9.17) is 4.74 Å². The molecule has 5 heteroatoms. The van der Waals surface area contributed by atoms with Crippen LogP contribution < -0.4 is 9.64 Å². The molecule has 1 fully saturated rings. The number of para-hydroxylation sites is 2. The first-order valence-electron chi connectivity index (χ1n) is 7.35. The topological polar surface area (TPSA) is 49.9 Å². The fraction of sp³-hybridized carbons (Fsp3) is 0.500. The van der Waals surface area contributed by atoms with E-state index in [2.05, 4.69) is 0 Å². The molecule has 1 unspecified atom stereocenters. The molecule has 0 radical (unpaired) electrons. The summed E-state index contributed by atoms with van der Waals surface area (Å²) < 4.78 is 5.57. The number of hydrogen-bond acceptors (Lipinski definition) is 3.